The van der Waals surface area contributed by atoms with Gasteiger partial charge < -0.3 is 10.2 Å². The number of thiazole rings is 1. The highest BCUT2D eigenvalue weighted by Crippen LogP contribution is 2.22. The van der Waals surface area contributed by atoms with Crippen molar-refractivity contribution in [2.24, 2.45) is 0 Å². The van der Waals surface area contributed by atoms with Crippen LogP contribution >= 0.6 is 11.3 Å². The van der Waals surface area contributed by atoms with Crippen molar-refractivity contribution in [3.63, 3.8) is 0 Å². The maximum atomic E-state index is 12.1. The van der Waals surface area contributed by atoms with E-state index in [1.54, 1.807) is 28.6 Å². The molecule has 1 aliphatic heterocycles. The van der Waals surface area contributed by atoms with Crippen molar-refractivity contribution >= 4 is 23.2 Å². The Morgan fingerprint density at radius 2 is 2.08 bits per heavy atom. The molecule has 0 radical (unpaired) electrons. The van der Waals surface area contributed by atoms with Crippen LogP contribution in [0.5, 0.6) is 0 Å². The van der Waals surface area contributed by atoms with Crippen molar-refractivity contribution in [2.75, 3.05) is 19.6 Å². The van der Waals surface area contributed by atoms with Gasteiger partial charge in [0, 0.05) is 49.3 Å². The lowest BCUT2D eigenvalue weighted by Crippen LogP contribution is -2.41. The molecule has 1 fully saturated rings. The Labute approximate surface area is 151 Å². The highest BCUT2D eigenvalue weighted by molar-refractivity contribution is 7.13. The average Bonchev–Trinajstić information content (AvgIpc) is 3.01. The molecule has 132 valence electrons. The third-order valence-corrected chi connectivity index (χ3v) is 5.13. The second-order valence-electron chi connectivity index (χ2n) is 6.11. The number of nitrogens with one attached hydrogen (secondary N) is 1. The number of aromatic nitrogens is 2. The average molecular weight is 358 g/mol. The second kappa shape index (κ2) is 8.71. The number of carbonyl (C=O) groups excluding carboxylic acids is 2. The van der Waals surface area contributed by atoms with E-state index in [4.69, 9.17) is 0 Å². The molecule has 0 aromatic carbocycles. The van der Waals surface area contributed by atoms with Crippen LogP contribution in [0.3, 0.4) is 0 Å². The molecule has 3 heterocycles. The van der Waals surface area contributed by atoms with Crippen molar-refractivity contribution in [3.8, 4) is 10.6 Å². The predicted molar refractivity (Wildman–Crippen MR) is 97.1 cm³/mol. The van der Waals surface area contributed by atoms with Crippen LogP contribution in [0.15, 0.2) is 29.9 Å². The van der Waals surface area contributed by atoms with Crippen molar-refractivity contribution in [2.45, 2.75) is 32.1 Å². The molecule has 0 saturated carbocycles. The minimum absolute atomic E-state index is 0.0918. The van der Waals surface area contributed by atoms with E-state index in [2.05, 4.69) is 15.3 Å². The van der Waals surface area contributed by atoms with Gasteiger partial charge in [-0.25, -0.2) is 4.98 Å². The Morgan fingerprint density at radius 3 is 2.92 bits per heavy atom. The highest BCUT2D eigenvalue weighted by Gasteiger charge is 2.18. The van der Waals surface area contributed by atoms with Crippen LogP contribution in [0.1, 0.15) is 31.4 Å². The summed E-state index contributed by atoms with van der Waals surface area (Å²) in [6.07, 6.45) is 7.72. The minimum atomic E-state index is -0.0974. The third kappa shape index (κ3) is 5.09. The second-order valence-corrected chi connectivity index (χ2v) is 6.96. The summed E-state index contributed by atoms with van der Waals surface area (Å²) in [5, 5.41) is 5.86. The Bertz CT molecular complexity index is 717. The van der Waals surface area contributed by atoms with Gasteiger partial charge in [-0.15, -0.1) is 11.3 Å². The van der Waals surface area contributed by atoms with Crippen molar-refractivity contribution in [1.82, 2.24) is 20.2 Å². The number of likely N-dealkylation sites (tertiary alicyclic amines) is 1. The molecule has 2 aromatic heterocycles. The summed E-state index contributed by atoms with van der Waals surface area (Å²) in [5.41, 5.74) is 2.01. The molecule has 1 aliphatic rings. The van der Waals surface area contributed by atoms with Gasteiger partial charge in [0.1, 0.15) is 5.01 Å². The van der Waals surface area contributed by atoms with Gasteiger partial charge in [-0.3, -0.25) is 14.6 Å². The zero-order chi connectivity index (χ0) is 17.5. The molecule has 0 unspecified atom stereocenters. The Balaban J connectivity index is 1.44. The molecule has 3 rings (SSSR count). The lowest BCUT2D eigenvalue weighted by molar-refractivity contribution is -0.135. The van der Waals surface area contributed by atoms with Crippen LogP contribution < -0.4 is 5.32 Å². The molecule has 7 heteroatoms. The van der Waals surface area contributed by atoms with Crippen LogP contribution in [0, 0.1) is 0 Å². The molecule has 0 atom stereocenters. The van der Waals surface area contributed by atoms with Crippen molar-refractivity contribution in [1.29, 1.82) is 0 Å². The fraction of sp³-hybridized carbons (Fsp3) is 0.444. The summed E-state index contributed by atoms with van der Waals surface area (Å²) in [7, 11) is 0. The highest BCUT2D eigenvalue weighted by atomic mass is 32.1. The van der Waals surface area contributed by atoms with Gasteiger partial charge in [-0.1, -0.05) is 6.42 Å². The molecule has 6 nitrogen and oxygen atoms in total. The summed E-state index contributed by atoms with van der Waals surface area (Å²) in [4.78, 5) is 34.2. The van der Waals surface area contributed by atoms with Gasteiger partial charge >= 0.3 is 0 Å². The van der Waals surface area contributed by atoms with Crippen LogP contribution in [0.2, 0.25) is 0 Å². The van der Waals surface area contributed by atoms with Gasteiger partial charge in [0.25, 0.3) is 0 Å². The van der Waals surface area contributed by atoms with Gasteiger partial charge in [0.2, 0.25) is 11.8 Å². The van der Waals surface area contributed by atoms with Crippen molar-refractivity contribution in [3.05, 3.63) is 35.6 Å². The summed E-state index contributed by atoms with van der Waals surface area (Å²) in [5.74, 6) is -0.00557. The first-order valence-corrected chi connectivity index (χ1v) is 9.49. The van der Waals surface area contributed by atoms with Gasteiger partial charge in [0.05, 0.1) is 12.2 Å². The lowest BCUT2D eigenvalue weighted by Gasteiger charge is -2.19. The molecule has 0 bridgehead atoms. The monoisotopic (exact) mass is 358 g/mol. The normalized spacial score (nSPS) is 15.0. The number of hydrogen-bond donors (Lipinski definition) is 1. The third-order valence-electron chi connectivity index (χ3n) is 4.19. The number of hydrogen-bond acceptors (Lipinski definition) is 5. The Morgan fingerprint density at radius 1 is 1.24 bits per heavy atom. The molecule has 2 amide bonds. The molecule has 0 spiro atoms. The van der Waals surface area contributed by atoms with Crippen LogP contribution in [0.25, 0.3) is 10.6 Å². The molecule has 1 N–H and O–H groups in total. The molecule has 2 aromatic rings. The molecule has 25 heavy (non-hydrogen) atoms. The van der Waals surface area contributed by atoms with E-state index in [9.17, 15) is 9.59 Å². The first-order valence-electron chi connectivity index (χ1n) is 8.61. The SMILES string of the molecule is O=C(CN1CCCCCC1=O)NCCc1csc(-c2ccncc2)n1. The van der Waals surface area contributed by atoms with E-state index < -0.39 is 0 Å². The van der Waals surface area contributed by atoms with Gasteiger partial charge in [0.15, 0.2) is 0 Å². The number of carbonyl (C=O) groups is 2. The zero-order valence-corrected chi connectivity index (χ0v) is 14.9. The van der Waals surface area contributed by atoms with E-state index in [0.717, 1.165) is 35.5 Å². The minimum Gasteiger partial charge on any atom is -0.354 e. The number of nitrogens with zero attached hydrogens (tertiary/aromatic N) is 3. The van der Waals surface area contributed by atoms with Crippen LogP contribution in [-0.4, -0.2) is 46.3 Å². The van der Waals surface area contributed by atoms with Gasteiger partial charge in [-0.05, 0) is 25.0 Å². The predicted octanol–water partition coefficient (Wildman–Crippen LogP) is 2.27. The zero-order valence-electron chi connectivity index (χ0n) is 14.1. The van der Waals surface area contributed by atoms with E-state index in [1.807, 2.05) is 17.5 Å². The standard InChI is InChI=1S/C18H22N4O2S/c23-16(12-22-11-3-1-2-4-17(22)24)20-10-7-15-13-25-18(21-15)14-5-8-19-9-6-14/h5-6,8-9,13H,1-4,7,10-12H2,(H,20,23). The Kier molecular flexibility index (Phi) is 6.11. The van der Waals surface area contributed by atoms with Crippen molar-refractivity contribution < 1.29 is 9.59 Å². The largest absolute Gasteiger partial charge is 0.354 e. The fourth-order valence-electron chi connectivity index (χ4n) is 2.81. The first-order chi connectivity index (χ1) is 12.2. The molecule has 1 saturated heterocycles. The summed E-state index contributed by atoms with van der Waals surface area (Å²) >= 11 is 1.59. The topological polar surface area (TPSA) is 75.2 Å². The number of amides is 2. The van der Waals surface area contributed by atoms with E-state index in [1.165, 1.54) is 0 Å². The summed E-state index contributed by atoms with van der Waals surface area (Å²) < 4.78 is 0. The Hall–Kier alpha value is -2.28. The van der Waals surface area contributed by atoms with E-state index >= 15 is 0 Å². The smallest absolute Gasteiger partial charge is 0.239 e. The molecule has 0 aliphatic carbocycles. The summed E-state index contributed by atoms with van der Waals surface area (Å²) in [6.45, 7) is 1.38. The quantitative estimate of drug-likeness (QED) is 0.859. The molecular weight excluding hydrogens is 336 g/mol. The summed E-state index contributed by atoms with van der Waals surface area (Å²) in [6, 6.07) is 3.87. The van der Waals surface area contributed by atoms with Crippen LogP contribution in [-0.2, 0) is 16.0 Å². The number of rotatable bonds is 6. The fourth-order valence-corrected chi connectivity index (χ4v) is 3.67. The van der Waals surface area contributed by atoms with E-state index in [0.29, 0.717) is 25.9 Å². The molecular formula is C18H22N4O2S. The van der Waals surface area contributed by atoms with Crippen LogP contribution in [0.4, 0.5) is 0 Å². The number of pyridine rings is 1. The van der Waals surface area contributed by atoms with Gasteiger partial charge in [-0.2, -0.15) is 0 Å². The maximum Gasteiger partial charge on any atom is 0.239 e. The maximum absolute atomic E-state index is 12.1. The first kappa shape index (κ1) is 17.5. The lowest BCUT2D eigenvalue weighted by atomic mass is 10.2. The van der Waals surface area contributed by atoms with E-state index in [-0.39, 0.29) is 18.4 Å².